The Kier molecular flexibility index (Phi) is 4.89. The van der Waals surface area contributed by atoms with Crippen molar-refractivity contribution in [2.24, 2.45) is 5.84 Å². The number of nitrogens with zero attached hydrogens (tertiary/aromatic N) is 2. The Morgan fingerprint density at radius 2 is 2.05 bits per heavy atom. The third kappa shape index (κ3) is 3.57. The van der Waals surface area contributed by atoms with Crippen molar-refractivity contribution in [2.75, 3.05) is 24.4 Å². The van der Waals surface area contributed by atoms with Gasteiger partial charge in [0.2, 0.25) is 5.75 Å². The fourth-order valence-electron chi connectivity index (χ4n) is 2.05. The summed E-state index contributed by atoms with van der Waals surface area (Å²) in [7, 11) is 1.52. The SMILES string of the molecule is COc1c(NN)ncnc1NCCc1ccc(F)cc1C. The average molecular weight is 291 g/mol. The van der Waals surface area contributed by atoms with Crippen molar-refractivity contribution in [2.45, 2.75) is 13.3 Å². The lowest BCUT2D eigenvalue weighted by Crippen LogP contribution is -2.13. The molecule has 0 spiro atoms. The van der Waals surface area contributed by atoms with Crippen LogP contribution in [0.3, 0.4) is 0 Å². The number of benzene rings is 1. The number of anilines is 2. The molecule has 6 nitrogen and oxygen atoms in total. The van der Waals surface area contributed by atoms with Gasteiger partial charge in [-0.25, -0.2) is 20.2 Å². The lowest BCUT2D eigenvalue weighted by atomic mass is 10.1. The molecule has 112 valence electrons. The van der Waals surface area contributed by atoms with Gasteiger partial charge in [-0.15, -0.1) is 0 Å². The van der Waals surface area contributed by atoms with Crippen molar-refractivity contribution in [1.82, 2.24) is 9.97 Å². The molecule has 0 fully saturated rings. The number of nitrogen functional groups attached to an aromatic ring is 1. The first-order valence-corrected chi connectivity index (χ1v) is 6.50. The normalized spacial score (nSPS) is 10.3. The number of ether oxygens (including phenoxy) is 1. The molecule has 1 aromatic carbocycles. The molecule has 0 aliphatic carbocycles. The maximum Gasteiger partial charge on any atom is 0.205 e. The lowest BCUT2D eigenvalue weighted by molar-refractivity contribution is 0.414. The van der Waals surface area contributed by atoms with Gasteiger partial charge >= 0.3 is 0 Å². The standard InChI is InChI=1S/C14H18FN5O/c1-9-7-11(15)4-3-10(9)5-6-17-13-12(21-2)14(20-16)19-8-18-13/h3-4,7-8H,5-6,16H2,1-2H3,(H2,17,18,19,20). The third-order valence-electron chi connectivity index (χ3n) is 3.14. The summed E-state index contributed by atoms with van der Waals surface area (Å²) in [6.45, 7) is 2.52. The Balaban J connectivity index is 2.03. The number of nitrogens with one attached hydrogen (secondary N) is 2. The van der Waals surface area contributed by atoms with Crippen LogP contribution in [0.15, 0.2) is 24.5 Å². The molecule has 21 heavy (non-hydrogen) atoms. The van der Waals surface area contributed by atoms with Gasteiger partial charge < -0.3 is 15.5 Å². The number of hydrazine groups is 1. The van der Waals surface area contributed by atoms with E-state index in [-0.39, 0.29) is 5.82 Å². The van der Waals surface area contributed by atoms with Crippen molar-refractivity contribution < 1.29 is 9.13 Å². The molecular formula is C14H18FN5O. The van der Waals surface area contributed by atoms with E-state index in [0.29, 0.717) is 23.9 Å². The molecule has 7 heteroatoms. The van der Waals surface area contributed by atoms with Crippen molar-refractivity contribution in [3.05, 3.63) is 41.5 Å². The number of methoxy groups -OCH3 is 1. The smallest absolute Gasteiger partial charge is 0.205 e. The molecular weight excluding hydrogens is 273 g/mol. The first kappa shape index (κ1) is 15.0. The molecule has 0 atom stereocenters. The number of nitrogens with two attached hydrogens (primary N) is 1. The Bertz CT molecular complexity index is 620. The van der Waals surface area contributed by atoms with Crippen molar-refractivity contribution in [3.63, 3.8) is 0 Å². The van der Waals surface area contributed by atoms with Gasteiger partial charge in [-0.2, -0.15) is 0 Å². The summed E-state index contributed by atoms with van der Waals surface area (Å²) in [6, 6.07) is 4.78. The maximum absolute atomic E-state index is 13.0. The zero-order valence-electron chi connectivity index (χ0n) is 12.0. The number of halogens is 1. The van der Waals surface area contributed by atoms with Crippen LogP contribution in [0.1, 0.15) is 11.1 Å². The van der Waals surface area contributed by atoms with Gasteiger partial charge in [-0.1, -0.05) is 6.07 Å². The van der Waals surface area contributed by atoms with Crippen molar-refractivity contribution in [3.8, 4) is 5.75 Å². The highest BCUT2D eigenvalue weighted by atomic mass is 19.1. The van der Waals surface area contributed by atoms with E-state index in [1.165, 1.54) is 25.6 Å². The largest absolute Gasteiger partial charge is 0.490 e. The fraction of sp³-hybridized carbons (Fsp3) is 0.286. The lowest BCUT2D eigenvalue weighted by Gasteiger charge is -2.13. The number of hydrogen-bond donors (Lipinski definition) is 3. The molecule has 0 aliphatic rings. The zero-order valence-corrected chi connectivity index (χ0v) is 12.0. The minimum absolute atomic E-state index is 0.222. The van der Waals surface area contributed by atoms with E-state index in [1.54, 1.807) is 6.07 Å². The van der Waals surface area contributed by atoms with E-state index in [0.717, 1.165) is 17.5 Å². The van der Waals surface area contributed by atoms with Crippen LogP contribution in [0.5, 0.6) is 5.75 Å². The highest BCUT2D eigenvalue weighted by Crippen LogP contribution is 2.27. The average Bonchev–Trinajstić information content (AvgIpc) is 2.49. The van der Waals surface area contributed by atoms with E-state index < -0.39 is 0 Å². The van der Waals surface area contributed by atoms with Gasteiger partial charge in [-0.05, 0) is 36.6 Å². The molecule has 0 unspecified atom stereocenters. The number of rotatable bonds is 6. The molecule has 2 aromatic rings. The monoisotopic (exact) mass is 291 g/mol. The van der Waals surface area contributed by atoms with Crippen LogP contribution in [-0.2, 0) is 6.42 Å². The highest BCUT2D eigenvalue weighted by Gasteiger charge is 2.10. The Hall–Kier alpha value is -2.41. The van der Waals surface area contributed by atoms with Crippen LogP contribution in [0, 0.1) is 12.7 Å². The van der Waals surface area contributed by atoms with Gasteiger partial charge in [0.15, 0.2) is 11.6 Å². The zero-order chi connectivity index (χ0) is 15.2. The number of aromatic nitrogens is 2. The van der Waals surface area contributed by atoms with E-state index in [1.807, 2.05) is 6.92 Å². The van der Waals surface area contributed by atoms with Crippen LogP contribution in [0.25, 0.3) is 0 Å². The molecule has 0 radical (unpaired) electrons. The third-order valence-corrected chi connectivity index (χ3v) is 3.14. The summed E-state index contributed by atoms with van der Waals surface area (Å²) in [6.07, 6.45) is 2.13. The first-order chi connectivity index (χ1) is 10.2. The summed E-state index contributed by atoms with van der Waals surface area (Å²) in [5.74, 6) is 6.56. The molecule has 1 heterocycles. The van der Waals surface area contributed by atoms with Crippen molar-refractivity contribution in [1.29, 1.82) is 0 Å². The quantitative estimate of drug-likeness (QED) is 0.556. The second-order valence-electron chi connectivity index (χ2n) is 4.50. The van der Waals surface area contributed by atoms with E-state index in [9.17, 15) is 4.39 Å². The topological polar surface area (TPSA) is 85.1 Å². The molecule has 1 aromatic heterocycles. The van der Waals surface area contributed by atoms with Crippen molar-refractivity contribution >= 4 is 11.6 Å². The molecule has 0 aliphatic heterocycles. The summed E-state index contributed by atoms with van der Waals surface area (Å²) < 4.78 is 18.3. The second kappa shape index (κ2) is 6.85. The minimum Gasteiger partial charge on any atom is -0.490 e. The molecule has 2 rings (SSSR count). The van der Waals surface area contributed by atoms with E-state index in [4.69, 9.17) is 10.6 Å². The van der Waals surface area contributed by atoms with Gasteiger partial charge in [0, 0.05) is 6.54 Å². The highest BCUT2D eigenvalue weighted by molar-refractivity contribution is 5.63. The van der Waals surface area contributed by atoms with E-state index >= 15 is 0 Å². The summed E-state index contributed by atoms with van der Waals surface area (Å²) in [5.41, 5.74) is 4.46. The Morgan fingerprint density at radius 1 is 1.29 bits per heavy atom. The van der Waals surface area contributed by atoms with Gasteiger partial charge in [0.05, 0.1) is 7.11 Å². The van der Waals surface area contributed by atoms with Gasteiger partial charge in [0.1, 0.15) is 12.1 Å². The minimum atomic E-state index is -0.222. The second-order valence-corrected chi connectivity index (χ2v) is 4.50. The number of hydrogen-bond acceptors (Lipinski definition) is 6. The maximum atomic E-state index is 13.0. The van der Waals surface area contributed by atoms with E-state index in [2.05, 4.69) is 20.7 Å². The van der Waals surface area contributed by atoms with Crippen LogP contribution in [0.2, 0.25) is 0 Å². The molecule has 0 amide bonds. The predicted octanol–water partition coefficient (Wildman–Crippen LogP) is 1.87. The molecule has 0 bridgehead atoms. The molecule has 0 saturated heterocycles. The summed E-state index contributed by atoms with van der Waals surface area (Å²) in [5, 5.41) is 3.16. The number of aryl methyl sites for hydroxylation is 1. The summed E-state index contributed by atoms with van der Waals surface area (Å²) in [4.78, 5) is 8.09. The van der Waals surface area contributed by atoms with Gasteiger partial charge in [0.25, 0.3) is 0 Å². The predicted molar refractivity (Wildman–Crippen MR) is 79.7 cm³/mol. The Labute approximate surface area is 122 Å². The van der Waals surface area contributed by atoms with Crippen LogP contribution in [0.4, 0.5) is 16.0 Å². The Morgan fingerprint density at radius 3 is 2.71 bits per heavy atom. The van der Waals surface area contributed by atoms with Crippen LogP contribution < -0.4 is 21.3 Å². The molecule has 4 N–H and O–H groups in total. The van der Waals surface area contributed by atoms with Crippen LogP contribution >= 0.6 is 0 Å². The summed E-state index contributed by atoms with van der Waals surface area (Å²) >= 11 is 0. The fourth-order valence-corrected chi connectivity index (χ4v) is 2.05. The van der Waals surface area contributed by atoms with Gasteiger partial charge in [-0.3, -0.25) is 0 Å². The van der Waals surface area contributed by atoms with Crippen LogP contribution in [-0.4, -0.2) is 23.6 Å². The molecule has 0 saturated carbocycles. The first-order valence-electron chi connectivity index (χ1n) is 6.50.